The molecule has 1 rings (SSSR count). The Bertz CT molecular complexity index is 279. The minimum absolute atomic E-state index is 0.168. The fourth-order valence-electron chi connectivity index (χ4n) is 1.56. The summed E-state index contributed by atoms with van der Waals surface area (Å²) in [6, 6.07) is 5.96. The molecule has 3 heteroatoms. The van der Waals surface area contributed by atoms with Gasteiger partial charge in [-0.3, -0.25) is 0 Å². The van der Waals surface area contributed by atoms with E-state index < -0.39 is 0 Å². The Hall–Kier alpha value is -1.22. The van der Waals surface area contributed by atoms with Gasteiger partial charge in [-0.05, 0) is 37.6 Å². The Balaban J connectivity index is 2.91. The van der Waals surface area contributed by atoms with Crippen molar-refractivity contribution in [3.8, 4) is 0 Å². The predicted octanol–water partition coefficient (Wildman–Crippen LogP) is 1.40. The maximum atomic E-state index is 8.89. The van der Waals surface area contributed by atoms with Crippen molar-refractivity contribution in [3.63, 3.8) is 0 Å². The van der Waals surface area contributed by atoms with E-state index in [4.69, 9.17) is 10.8 Å². The quantitative estimate of drug-likeness (QED) is 0.712. The van der Waals surface area contributed by atoms with Crippen LogP contribution in [0, 0.1) is 6.92 Å². The average molecular weight is 194 g/mol. The monoisotopic (exact) mass is 194 g/mol. The number of nitrogen functional groups attached to an aromatic ring is 1. The lowest BCUT2D eigenvalue weighted by Gasteiger charge is -2.22. The van der Waals surface area contributed by atoms with Crippen LogP contribution in [-0.2, 0) is 0 Å². The lowest BCUT2D eigenvalue weighted by molar-refractivity contribution is 0.302. The first kappa shape index (κ1) is 10.9. The summed E-state index contributed by atoms with van der Waals surface area (Å²) in [5.41, 5.74) is 8.77. The number of nitrogens with two attached hydrogens (primary N) is 1. The normalized spacial score (nSPS) is 10.2. The van der Waals surface area contributed by atoms with Crippen molar-refractivity contribution in [1.82, 2.24) is 0 Å². The van der Waals surface area contributed by atoms with Crippen LogP contribution in [0.4, 0.5) is 11.4 Å². The molecular weight excluding hydrogens is 176 g/mol. The topological polar surface area (TPSA) is 49.5 Å². The zero-order valence-electron chi connectivity index (χ0n) is 8.83. The van der Waals surface area contributed by atoms with E-state index in [9.17, 15) is 0 Å². The molecule has 0 aliphatic carbocycles. The number of rotatable bonds is 4. The van der Waals surface area contributed by atoms with E-state index in [0.717, 1.165) is 23.5 Å². The third kappa shape index (κ3) is 2.64. The van der Waals surface area contributed by atoms with Crippen molar-refractivity contribution < 1.29 is 5.11 Å². The molecule has 1 aromatic carbocycles. The summed E-state index contributed by atoms with van der Waals surface area (Å²) >= 11 is 0. The fourth-order valence-corrected chi connectivity index (χ4v) is 1.56. The molecule has 0 aromatic heterocycles. The molecule has 0 fully saturated rings. The Morgan fingerprint density at radius 1 is 1.36 bits per heavy atom. The third-order valence-electron chi connectivity index (χ3n) is 2.20. The van der Waals surface area contributed by atoms with Gasteiger partial charge in [0.25, 0.3) is 0 Å². The predicted molar refractivity (Wildman–Crippen MR) is 60.6 cm³/mol. The van der Waals surface area contributed by atoms with E-state index in [0.29, 0.717) is 6.54 Å². The molecule has 0 aliphatic heterocycles. The molecule has 3 N–H and O–H groups in total. The average Bonchev–Trinajstić information content (AvgIpc) is 2.12. The van der Waals surface area contributed by atoms with E-state index in [2.05, 4.69) is 17.9 Å². The molecule has 0 radical (unpaired) electrons. The molecule has 0 saturated carbocycles. The number of likely N-dealkylation sites (N-methyl/N-ethyl adjacent to an activating group) is 1. The van der Waals surface area contributed by atoms with Gasteiger partial charge in [-0.15, -0.1) is 0 Å². The Morgan fingerprint density at radius 3 is 2.57 bits per heavy atom. The van der Waals surface area contributed by atoms with Crippen LogP contribution in [-0.4, -0.2) is 24.8 Å². The summed E-state index contributed by atoms with van der Waals surface area (Å²) in [7, 11) is 0. The number of aryl methyl sites for hydroxylation is 1. The van der Waals surface area contributed by atoms with E-state index in [1.165, 1.54) is 0 Å². The van der Waals surface area contributed by atoms with Crippen LogP contribution in [0.15, 0.2) is 18.2 Å². The lowest BCUT2D eigenvalue weighted by Crippen LogP contribution is -2.26. The summed E-state index contributed by atoms with van der Waals surface area (Å²) < 4.78 is 0. The number of aliphatic hydroxyl groups excluding tert-OH is 1. The first-order chi connectivity index (χ1) is 6.67. The summed E-state index contributed by atoms with van der Waals surface area (Å²) in [5.74, 6) is 0. The van der Waals surface area contributed by atoms with Crippen LogP contribution < -0.4 is 10.6 Å². The van der Waals surface area contributed by atoms with Gasteiger partial charge in [0, 0.05) is 24.5 Å². The molecule has 0 amide bonds. The summed E-state index contributed by atoms with van der Waals surface area (Å²) in [4.78, 5) is 2.10. The second-order valence-electron chi connectivity index (χ2n) is 3.41. The largest absolute Gasteiger partial charge is 0.399 e. The molecule has 1 aromatic rings. The Morgan fingerprint density at radius 2 is 2.07 bits per heavy atom. The minimum Gasteiger partial charge on any atom is -0.399 e. The van der Waals surface area contributed by atoms with Crippen LogP contribution in [0.3, 0.4) is 0 Å². The highest BCUT2D eigenvalue weighted by atomic mass is 16.3. The van der Waals surface area contributed by atoms with Crippen molar-refractivity contribution in [2.24, 2.45) is 0 Å². The van der Waals surface area contributed by atoms with Gasteiger partial charge in [-0.25, -0.2) is 0 Å². The molecule has 0 unspecified atom stereocenters. The van der Waals surface area contributed by atoms with Crippen LogP contribution in [0.5, 0.6) is 0 Å². The van der Waals surface area contributed by atoms with Gasteiger partial charge in [0.1, 0.15) is 0 Å². The second kappa shape index (κ2) is 4.86. The molecule has 0 heterocycles. The molecule has 3 nitrogen and oxygen atoms in total. The number of anilines is 2. The lowest BCUT2D eigenvalue weighted by atomic mass is 10.2. The number of hydrogen-bond donors (Lipinski definition) is 2. The van der Waals surface area contributed by atoms with Gasteiger partial charge < -0.3 is 15.7 Å². The molecule has 0 bridgehead atoms. The maximum absolute atomic E-state index is 8.89. The van der Waals surface area contributed by atoms with Crippen LogP contribution in [0.1, 0.15) is 12.5 Å². The molecule has 0 atom stereocenters. The van der Waals surface area contributed by atoms with Crippen molar-refractivity contribution in [1.29, 1.82) is 0 Å². The molecule has 0 aliphatic rings. The summed E-state index contributed by atoms with van der Waals surface area (Å²) in [6.07, 6.45) is 0. The maximum Gasteiger partial charge on any atom is 0.0606 e. The van der Waals surface area contributed by atoms with E-state index >= 15 is 0 Å². The van der Waals surface area contributed by atoms with Crippen molar-refractivity contribution >= 4 is 11.4 Å². The summed E-state index contributed by atoms with van der Waals surface area (Å²) in [5, 5.41) is 8.89. The molecule has 0 spiro atoms. The Labute approximate surface area is 85.2 Å². The van der Waals surface area contributed by atoms with E-state index in [-0.39, 0.29) is 6.61 Å². The van der Waals surface area contributed by atoms with Crippen LogP contribution >= 0.6 is 0 Å². The third-order valence-corrected chi connectivity index (χ3v) is 2.20. The number of nitrogens with zero attached hydrogens (tertiary/aromatic N) is 1. The molecule has 14 heavy (non-hydrogen) atoms. The number of aliphatic hydroxyl groups is 1. The minimum atomic E-state index is 0.168. The fraction of sp³-hybridized carbons (Fsp3) is 0.455. The van der Waals surface area contributed by atoms with Crippen molar-refractivity contribution in [2.75, 3.05) is 30.3 Å². The first-order valence-corrected chi connectivity index (χ1v) is 4.90. The Kier molecular flexibility index (Phi) is 3.77. The van der Waals surface area contributed by atoms with Gasteiger partial charge in [-0.1, -0.05) is 0 Å². The highest BCUT2D eigenvalue weighted by Gasteiger charge is 2.04. The van der Waals surface area contributed by atoms with Crippen LogP contribution in [0.2, 0.25) is 0 Å². The van der Waals surface area contributed by atoms with Gasteiger partial charge in [-0.2, -0.15) is 0 Å². The number of hydrogen-bond acceptors (Lipinski definition) is 3. The van der Waals surface area contributed by atoms with Gasteiger partial charge >= 0.3 is 0 Å². The standard InChI is InChI=1S/C11H18N2O/c1-3-13(4-5-14)11-7-9(2)6-10(12)8-11/h6-8,14H,3-5,12H2,1-2H3. The van der Waals surface area contributed by atoms with E-state index in [1.54, 1.807) is 0 Å². The van der Waals surface area contributed by atoms with Gasteiger partial charge in [0.15, 0.2) is 0 Å². The smallest absolute Gasteiger partial charge is 0.0606 e. The van der Waals surface area contributed by atoms with Crippen molar-refractivity contribution in [3.05, 3.63) is 23.8 Å². The zero-order valence-corrected chi connectivity index (χ0v) is 8.83. The zero-order chi connectivity index (χ0) is 10.6. The second-order valence-corrected chi connectivity index (χ2v) is 3.41. The molecular formula is C11H18N2O. The van der Waals surface area contributed by atoms with Gasteiger partial charge in [0.2, 0.25) is 0 Å². The highest BCUT2D eigenvalue weighted by Crippen LogP contribution is 2.19. The highest BCUT2D eigenvalue weighted by molar-refractivity contribution is 5.58. The van der Waals surface area contributed by atoms with Crippen molar-refractivity contribution in [2.45, 2.75) is 13.8 Å². The molecule has 0 saturated heterocycles. The summed E-state index contributed by atoms with van der Waals surface area (Å²) in [6.45, 7) is 5.78. The van der Waals surface area contributed by atoms with Gasteiger partial charge in [0.05, 0.1) is 6.61 Å². The van der Waals surface area contributed by atoms with Crippen LogP contribution in [0.25, 0.3) is 0 Å². The number of benzene rings is 1. The first-order valence-electron chi connectivity index (χ1n) is 4.90. The SMILES string of the molecule is CCN(CCO)c1cc(C)cc(N)c1. The molecule has 78 valence electrons. The van der Waals surface area contributed by atoms with E-state index in [1.807, 2.05) is 19.1 Å².